The molecule has 1 aliphatic carbocycles. The molecule has 0 bridgehead atoms. The summed E-state index contributed by atoms with van der Waals surface area (Å²) >= 11 is 0. The molecule has 0 aliphatic heterocycles. The van der Waals surface area contributed by atoms with E-state index in [9.17, 15) is 5.11 Å². The van der Waals surface area contributed by atoms with Gasteiger partial charge in [-0.15, -0.1) is 0 Å². The molecule has 0 radical (unpaired) electrons. The monoisotopic (exact) mass is 327 g/mol. The first-order valence-electron chi connectivity index (χ1n) is 8.93. The SMILES string of the molecule is Cn1ncc2c1CCCC2NCC(c1ccccc1)C(C)(C)CO. The number of aliphatic hydroxyl groups excluding tert-OH is 1. The summed E-state index contributed by atoms with van der Waals surface area (Å²) in [7, 11) is 2.03. The normalized spacial score (nSPS) is 19.1. The Balaban J connectivity index is 1.77. The minimum Gasteiger partial charge on any atom is -0.396 e. The predicted molar refractivity (Wildman–Crippen MR) is 96.9 cm³/mol. The quantitative estimate of drug-likeness (QED) is 0.857. The van der Waals surface area contributed by atoms with Crippen molar-refractivity contribution in [1.82, 2.24) is 15.1 Å². The van der Waals surface area contributed by atoms with E-state index in [1.54, 1.807) is 0 Å². The van der Waals surface area contributed by atoms with Gasteiger partial charge in [0.2, 0.25) is 0 Å². The topological polar surface area (TPSA) is 50.1 Å². The molecular formula is C20H29N3O. The summed E-state index contributed by atoms with van der Waals surface area (Å²) in [5.74, 6) is 0.269. The number of fused-ring (bicyclic) bond motifs is 1. The minimum atomic E-state index is -0.166. The average molecular weight is 327 g/mol. The lowest BCUT2D eigenvalue weighted by Crippen LogP contribution is -2.36. The number of aromatic nitrogens is 2. The van der Waals surface area contributed by atoms with Crippen molar-refractivity contribution >= 4 is 0 Å². The highest BCUT2D eigenvalue weighted by atomic mass is 16.3. The van der Waals surface area contributed by atoms with Crippen molar-refractivity contribution in [2.24, 2.45) is 12.5 Å². The molecule has 1 heterocycles. The number of nitrogens with one attached hydrogen (secondary N) is 1. The highest BCUT2D eigenvalue weighted by Crippen LogP contribution is 2.36. The van der Waals surface area contributed by atoms with E-state index in [1.807, 2.05) is 24.0 Å². The minimum absolute atomic E-state index is 0.166. The second-order valence-electron chi connectivity index (χ2n) is 7.63. The fourth-order valence-corrected chi connectivity index (χ4v) is 3.82. The summed E-state index contributed by atoms with van der Waals surface area (Å²) in [5, 5.41) is 18.1. The van der Waals surface area contributed by atoms with Gasteiger partial charge in [0, 0.05) is 43.4 Å². The molecule has 130 valence electrons. The summed E-state index contributed by atoms with van der Waals surface area (Å²) in [6.07, 6.45) is 5.48. The molecule has 0 amide bonds. The van der Waals surface area contributed by atoms with Gasteiger partial charge in [-0.1, -0.05) is 44.2 Å². The van der Waals surface area contributed by atoms with Gasteiger partial charge in [0.05, 0.1) is 6.20 Å². The Morgan fingerprint density at radius 1 is 1.33 bits per heavy atom. The Hall–Kier alpha value is -1.65. The van der Waals surface area contributed by atoms with Crippen LogP contribution < -0.4 is 5.32 Å². The van der Waals surface area contributed by atoms with Crippen LogP contribution >= 0.6 is 0 Å². The molecule has 2 N–H and O–H groups in total. The first-order chi connectivity index (χ1) is 11.5. The van der Waals surface area contributed by atoms with Crippen LogP contribution in [0.15, 0.2) is 36.5 Å². The summed E-state index contributed by atoms with van der Waals surface area (Å²) in [6, 6.07) is 10.9. The fraction of sp³-hybridized carbons (Fsp3) is 0.550. The van der Waals surface area contributed by atoms with Gasteiger partial charge in [0.1, 0.15) is 0 Å². The second kappa shape index (κ2) is 7.08. The number of nitrogens with zero attached hydrogens (tertiary/aromatic N) is 2. The van der Waals surface area contributed by atoms with Gasteiger partial charge in [0.15, 0.2) is 0 Å². The Morgan fingerprint density at radius 2 is 2.08 bits per heavy atom. The van der Waals surface area contributed by atoms with E-state index in [0.29, 0.717) is 6.04 Å². The molecule has 1 aromatic carbocycles. The number of rotatable bonds is 6. The smallest absolute Gasteiger partial charge is 0.0540 e. The third-order valence-electron chi connectivity index (χ3n) is 5.50. The van der Waals surface area contributed by atoms with Crippen molar-refractivity contribution in [3.05, 3.63) is 53.3 Å². The first-order valence-corrected chi connectivity index (χ1v) is 8.93. The van der Waals surface area contributed by atoms with E-state index in [-0.39, 0.29) is 17.9 Å². The van der Waals surface area contributed by atoms with Gasteiger partial charge in [-0.05, 0) is 30.2 Å². The van der Waals surface area contributed by atoms with Crippen LogP contribution in [0.2, 0.25) is 0 Å². The van der Waals surface area contributed by atoms with Crippen molar-refractivity contribution in [2.75, 3.05) is 13.2 Å². The molecule has 24 heavy (non-hydrogen) atoms. The molecule has 4 nitrogen and oxygen atoms in total. The van der Waals surface area contributed by atoms with Crippen LogP contribution in [0.25, 0.3) is 0 Å². The van der Waals surface area contributed by atoms with Gasteiger partial charge in [0.25, 0.3) is 0 Å². The highest BCUT2D eigenvalue weighted by molar-refractivity contribution is 5.26. The predicted octanol–water partition coefficient (Wildman–Crippen LogP) is 3.19. The van der Waals surface area contributed by atoms with Crippen molar-refractivity contribution in [3.8, 4) is 0 Å². The molecule has 2 atom stereocenters. The number of aliphatic hydroxyl groups is 1. The average Bonchev–Trinajstić information content (AvgIpc) is 2.98. The van der Waals surface area contributed by atoms with Crippen LogP contribution in [0.4, 0.5) is 0 Å². The van der Waals surface area contributed by atoms with Gasteiger partial charge >= 0.3 is 0 Å². The first kappa shape index (κ1) is 17.2. The second-order valence-corrected chi connectivity index (χ2v) is 7.63. The van der Waals surface area contributed by atoms with Crippen molar-refractivity contribution in [3.63, 3.8) is 0 Å². The van der Waals surface area contributed by atoms with E-state index in [4.69, 9.17) is 0 Å². The third-order valence-corrected chi connectivity index (χ3v) is 5.50. The van der Waals surface area contributed by atoms with E-state index < -0.39 is 0 Å². The molecule has 4 heteroatoms. The molecule has 3 rings (SSSR count). The molecular weight excluding hydrogens is 298 g/mol. The summed E-state index contributed by atoms with van der Waals surface area (Å²) < 4.78 is 2.01. The molecule has 0 saturated heterocycles. The van der Waals surface area contributed by atoms with Crippen molar-refractivity contribution < 1.29 is 5.11 Å². The van der Waals surface area contributed by atoms with Gasteiger partial charge in [-0.3, -0.25) is 4.68 Å². The Labute approximate surface area is 144 Å². The van der Waals surface area contributed by atoms with Crippen LogP contribution in [-0.4, -0.2) is 28.0 Å². The maximum Gasteiger partial charge on any atom is 0.0540 e. The van der Waals surface area contributed by atoms with E-state index in [2.05, 4.69) is 48.5 Å². The van der Waals surface area contributed by atoms with Crippen LogP contribution in [-0.2, 0) is 13.5 Å². The van der Waals surface area contributed by atoms with Gasteiger partial charge in [-0.25, -0.2) is 0 Å². The van der Waals surface area contributed by atoms with Gasteiger partial charge < -0.3 is 10.4 Å². The standard InChI is InChI=1S/C20H29N3O/c1-20(2,14-24)17(15-8-5-4-6-9-15)13-21-18-10-7-11-19-16(18)12-22-23(19)3/h4-6,8-9,12,17-18,21,24H,7,10-11,13-14H2,1-3H3. The molecule has 0 spiro atoms. The van der Waals surface area contributed by atoms with Crippen molar-refractivity contribution in [1.29, 1.82) is 0 Å². The van der Waals surface area contributed by atoms with E-state index in [1.165, 1.54) is 23.2 Å². The Bertz CT molecular complexity index is 663. The Morgan fingerprint density at radius 3 is 2.79 bits per heavy atom. The van der Waals surface area contributed by atoms with Crippen LogP contribution in [0.3, 0.4) is 0 Å². The van der Waals surface area contributed by atoms with Crippen LogP contribution in [0, 0.1) is 5.41 Å². The number of hydrogen-bond donors (Lipinski definition) is 2. The fourth-order valence-electron chi connectivity index (χ4n) is 3.82. The molecule has 2 aromatic rings. The molecule has 1 aliphatic rings. The summed E-state index contributed by atoms with van der Waals surface area (Å²) in [5.41, 5.74) is 3.82. The number of hydrogen-bond acceptors (Lipinski definition) is 3. The zero-order chi connectivity index (χ0) is 17.2. The molecule has 2 unspecified atom stereocenters. The lowest BCUT2D eigenvalue weighted by Gasteiger charge is -2.35. The number of aryl methyl sites for hydroxylation is 1. The number of benzene rings is 1. The maximum atomic E-state index is 9.88. The van der Waals surface area contributed by atoms with E-state index >= 15 is 0 Å². The Kier molecular flexibility index (Phi) is 5.07. The van der Waals surface area contributed by atoms with Gasteiger partial charge in [-0.2, -0.15) is 5.10 Å². The summed E-state index contributed by atoms with van der Waals surface area (Å²) in [4.78, 5) is 0. The van der Waals surface area contributed by atoms with Crippen LogP contribution in [0.1, 0.15) is 55.5 Å². The maximum absolute atomic E-state index is 9.88. The molecule has 0 fully saturated rings. The van der Waals surface area contributed by atoms with E-state index in [0.717, 1.165) is 19.4 Å². The molecule has 0 saturated carbocycles. The lowest BCUT2D eigenvalue weighted by molar-refractivity contribution is 0.127. The highest BCUT2D eigenvalue weighted by Gasteiger charge is 2.31. The van der Waals surface area contributed by atoms with Crippen molar-refractivity contribution in [2.45, 2.75) is 45.1 Å². The largest absolute Gasteiger partial charge is 0.396 e. The zero-order valence-corrected chi connectivity index (χ0v) is 15.0. The van der Waals surface area contributed by atoms with Crippen LogP contribution in [0.5, 0.6) is 0 Å². The zero-order valence-electron chi connectivity index (χ0n) is 15.0. The lowest BCUT2D eigenvalue weighted by atomic mass is 9.75. The summed E-state index contributed by atoms with van der Waals surface area (Å²) in [6.45, 7) is 5.32. The molecule has 1 aromatic heterocycles. The third kappa shape index (κ3) is 3.40.